The number of carboxylic acid groups (broad SMARTS) is 1. The topological polar surface area (TPSA) is 214 Å². The normalized spacial score (nSPS) is 14.6. The number of aromatic hydroxyl groups is 1. The van der Waals surface area contributed by atoms with Crippen molar-refractivity contribution in [3.05, 3.63) is 65.7 Å². The summed E-state index contributed by atoms with van der Waals surface area (Å²) in [6.45, 7) is 3.55. The van der Waals surface area contributed by atoms with E-state index >= 15 is 0 Å². The first-order chi connectivity index (χ1) is 18.9. The summed E-state index contributed by atoms with van der Waals surface area (Å²) in [5.74, 6) is -4.88. The molecule has 0 bridgehead atoms. The first-order valence-corrected chi connectivity index (χ1v) is 12.9. The summed E-state index contributed by atoms with van der Waals surface area (Å²) in [5.41, 5.74) is 12.7. The minimum atomic E-state index is -1.49. The molecule has 0 fully saturated rings. The average Bonchev–Trinajstić information content (AvgIpc) is 2.91. The summed E-state index contributed by atoms with van der Waals surface area (Å²) < 4.78 is 0. The van der Waals surface area contributed by atoms with Crippen molar-refractivity contribution in [1.29, 1.82) is 0 Å². The molecule has 0 spiro atoms. The Kier molecular flexibility index (Phi) is 12.1. The summed E-state index contributed by atoms with van der Waals surface area (Å²) in [6.07, 6.45) is 0.0137. The summed E-state index contributed by atoms with van der Waals surface area (Å²) in [7, 11) is 0. The molecule has 2 aromatic carbocycles. The standard InChI is InChI=1S/C28H37N5O7/c1-3-16(2)24(33-25(36)20(29)13-17-7-5-4-6-8-17)27(38)31-21(15-23(30)35)26(37)32-22(28(39)40)14-18-9-11-19(34)12-10-18/h4-12,16,20-22,24,34H,3,13-15,29H2,1-2H3,(H2,30,35)(H,31,38)(H,32,37)(H,33,36)(H,39,40). The summed E-state index contributed by atoms with van der Waals surface area (Å²) in [4.78, 5) is 62.7. The van der Waals surface area contributed by atoms with Crippen molar-refractivity contribution in [3.8, 4) is 5.75 Å². The zero-order chi connectivity index (χ0) is 29.8. The Balaban J connectivity index is 2.15. The fourth-order valence-electron chi connectivity index (χ4n) is 3.94. The first-order valence-electron chi connectivity index (χ1n) is 12.9. The summed E-state index contributed by atoms with van der Waals surface area (Å²) in [5, 5.41) is 26.5. The number of nitrogens with two attached hydrogens (primary N) is 2. The molecule has 0 aliphatic rings. The van der Waals surface area contributed by atoms with E-state index in [1.165, 1.54) is 24.3 Å². The van der Waals surface area contributed by atoms with E-state index in [1.807, 2.05) is 37.3 Å². The van der Waals surface area contributed by atoms with Crippen molar-refractivity contribution in [1.82, 2.24) is 16.0 Å². The quantitative estimate of drug-likeness (QED) is 0.158. The molecule has 0 radical (unpaired) electrons. The van der Waals surface area contributed by atoms with Crippen LogP contribution in [-0.2, 0) is 36.8 Å². The van der Waals surface area contributed by atoms with E-state index in [1.54, 1.807) is 6.92 Å². The van der Waals surface area contributed by atoms with Crippen LogP contribution in [0.15, 0.2) is 54.6 Å². The highest BCUT2D eigenvalue weighted by Gasteiger charge is 2.33. The van der Waals surface area contributed by atoms with E-state index in [4.69, 9.17) is 11.5 Å². The first kappa shape index (κ1) is 31.8. The number of benzene rings is 2. The highest BCUT2D eigenvalue weighted by Crippen LogP contribution is 2.13. The van der Waals surface area contributed by atoms with E-state index in [-0.39, 0.29) is 24.5 Å². The maximum atomic E-state index is 13.3. The Morgan fingerprint density at radius 1 is 0.800 bits per heavy atom. The van der Waals surface area contributed by atoms with Crippen molar-refractivity contribution in [2.24, 2.45) is 17.4 Å². The van der Waals surface area contributed by atoms with Gasteiger partial charge >= 0.3 is 5.97 Å². The molecule has 0 aliphatic heterocycles. The van der Waals surface area contributed by atoms with Gasteiger partial charge in [0.25, 0.3) is 0 Å². The molecule has 0 saturated heterocycles. The van der Waals surface area contributed by atoms with Gasteiger partial charge in [0.2, 0.25) is 23.6 Å². The van der Waals surface area contributed by atoms with Gasteiger partial charge in [-0.2, -0.15) is 0 Å². The number of primary amides is 1. The molecule has 0 heterocycles. The van der Waals surface area contributed by atoms with Gasteiger partial charge in [0, 0.05) is 6.42 Å². The number of amides is 4. The second-order valence-electron chi connectivity index (χ2n) is 9.67. The highest BCUT2D eigenvalue weighted by molar-refractivity contribution is 5.96. The number of carboxylic acids is 1. The maximum absolute atomic E-state index is 13.3. The summed E-state index contributed by atoms with van der Waals surface area (Å²) >= 11 is 0. The Morgan fingerprint density at radius 3 is 1.93 bits per heavy atom. The molecule has 216 valence electrons. The lowest BCUT2D eigenvalue weighted by Crippen LogP contribution is -2.59. The zero-order valence-electron chi connectivity index (χ0n) is 22.5. The van der Waals surface area contributed by atoms with Gasteiger partial charge < -0.3 is 37.6 Å². The van der Waals surface area contributed by atoms with Gasteiger partial charge in [0.1, 0.15) is 23.9 Å². The molecule has 5 unspecified atom stereocenters. The van der Waals surface area contributed by atoms with Crippen LogP contribution in [0.2, 0.25) is 0 Å². The zero-order valence-corrected chi connectivity index (χ0v) is 22.5. The SMILES string of the molecule is CCC(C)C(NC(=O)C(N)Cc1ccccc1)C(=O)NC(CC(N)=O)C(=O)NC(Cc1ccc(O)cc1)C(=O)O. The third-order valence-electron chi connectivity index (χ3n) is 6.46. The van der Waals surface area contributed by atoms with Crippen molar-refractivity contribution in [2.45, 2.75) is 63.7 Å². The van der Waals surface area contributed by atoms with Gasteiger partial charge in [-0.1, -0.05) is 62.7 Å². The van der Waals surface area contributed by atoms with Crippen LogP contribution in [0.4, 0.5) is 0 Å². The third kappa shape index (κ3) is 10.0. The van der Waals surface area contributed by atoms with Crippen LogP contribution < -0.4 is 27.4 Å². The smallest absolute Gasteiger partial charge is 0.326 e. The number of phenolic OH excluding ortho intramolecular Hbond substituents is 1. The number of phenols is 1. The highest BCUT2D eigenvalue weighted by atomic mass is 16.4. The molecular formula is C28H37N5O7. The second-order valence-corrected chi connectivity index (χ2v) is 9.67. The Morgan fingerprint density at radius 2 is 1.38 bits per heavy atom. The van der Waals surface area contributed by atoms with E-state index in [0.717, 1.165) is 5.56 Å². The number of carbonyl (C=O) groups is 5. The number of hydrogen-bond donors (Lipinski definition) is 7. The predicted molar refractivity (Wildman–Crippen MR) is 147 cm³/mol. The molecular weight excluding hydrogens is 518 g/mol. The van der Waals surface area contributed by atoms with Crippen molar-refractivity contribution >= 4 is 29.6 Å². The van der Waals surface area contributed by atoms with Gasteiger partial charge in [0.05, 0.1) is 12.5 Å². The molecule has 9 N–H and O–H groups in total. The van der Waals surface area contributed by atoms with Gasteiger partial charge in [-0.3, -0.25) is 19.2 Å². The van der Waals surface area contributed by atoms with Crippen LogP contribution in [0.3, 0.4) is 0 Å². The third-order valence-corrected chi connectivity index (χ3v) is 6.46. The average molecular weight is 556 g/mol. The van der Waals surface area contributed by atoms with Crippen LogP contribution >= 0.6 is 0 Å². The van der Waals surface area contributed by atoms with Crippen molar-refractivity contribution in [3.63, 3.8) is 0 Å². The molecule has 40 heavy (non-hydrogen) atoms. The molecule has 0 saturated carbocycles. The molecule has 0 aromatic heterocycles. The van der Waals surface area contributed by atoms with Crippen LogP contribution in [0, 0.1) is 5.92 Å². The molecule has 2 rings (SSSR count). The summed E-state index contributed by atoms with van der Waals surface area (Å²) in [6, 6.07) is 9.96. The molecule has 0 aliphatic carbocycles. The number of nitrogens with one attached hydrogen (secondary N) is 3. The fourth-order valence-corrected chi connectivity index (χ4v) is 3.94. The van der Waals surface area contributed by atoms with Gasteiger partial charge in [-0.15, -0.1) is 0 Å². The Bertz CT molecular complexity index is 1170. The van der Waals surface area contributed by atoms with E-state index in [9.17, 15) is 34.2 Å². The molecule has 4 amide bonds. The fraction of sp³-hybridized carbons (Fsp3) is 0.393. The molecule has 12 heteroatoms. The Hall–Kier alpha value is -4.45. The minimum absolute atomic E-state index is 0.00660. The molecule has 2 aromatic rings. The predicted octanol–water partition coefficient (Wildman–Crippen LogP) is -0.0348. The van der Waals surface area contributed by atoms with E-state index in [2.05, 4.69) is 16.0 Å². The Labute approximate surface area is 232 Å². The van der Waals surface area contributed by atoms with Crippen LogP contribution in [0.25, 0.3) is 0 Å². The second kappa shape index (κ2) is 15.2. The van der Waals surface area contributed by atoms with Crippen LogP contribution in [0.5, 0.6) is 5.75 Å². The number of aliphatic carboxylic acids is 1. The number of hydrogen-bond acceptors (Lipinski definition) is 7. The van der Waals surface area contributed by atoms with Gasteiger partial charge in [0.15, 0.2) is 0 Å². The minimum Gasteiger partial charge on any atom is -0.508 e. The number of rotatable bonds is 15. The van der Waals surface area contributed by atoms with Gasteiger partial charge in [-0.05, 0) is 35.6 Å². The maximum Gasteiger partial charge on any atom is 0.326 e. The lowest BCUT2D eigenvalue weighted by atomic mass is 9.96. The number of carbonyl (C=O) groups excluding carboxylic acids is 4. The van der Waals surface area contributed by atoms with Crippen molar-refractivity contribution < 1.29 is 34.2 Å². The monoisotopic (exact) mass is 555 g/mol. The van der Waals surface area contributed by atoms with Crippen LogP contribution in [-0.4, -0.2) is 64.0 Å². The molecule has 12 nitrogen and oxygen atoms in total. The van der Waals surface area contributed by atoms with Crippen molar-refractivity contribution in [2.75, 3.05) is 0 Å². The van der Waals surface area contributed by atoms with Crippen LogP contribution in [0.1, 0.15) is 37.8 Å². The van der Waals surface area contributed by atoms with E-state index in [0.29, 0.717) is 12.0 Å². The molecule has 5 atom stereocenters. The van der Waals surface area contributed by atoms with Gasteiger partial charge in [-0.25, -0.2) is 4.79 Å². The lowest BCUT2D eigenvalue weighted by molar-refractivity contribution is -0.142. The largest absolute Gasteiger partial charge is 0.508 e. The van der Waals surface area contributed by atoms with E-state index < -0.39 is 60.2 Å². The lowest BCUT2D eigenvalue weighted by Gasteiger charge is -2.27.